The van der Waals surface area contributed by atoms with Gasteiger partial charge in [0.05, 0.1) is 0 Å². The predicted octanol–water partition coefficient (Wildman–Crippen LogP) is 2.43. The van der Waals surface area contributed by atoms with Gasteiger partial charge in [-0.25, -0.2) is 0 Å². The van der Waals surface area contributed by atoms with Gasteiger partial charge in [-0.2, -0.15) is 0 Å². The summed E-state index contributed by atoms with van der Waals surface area (Å²) in [7, 11) is 0. The first kappa shape index (κ1) is 8.75. The van der Waals surface area contributed by atoms with Crippen LogP contribution < -0.4 is 5.73 Å². The topological polar surface area (TPSA) is 26.0 Å². The van der Waals surface area contributed by atoms with Gasteiger partial charge in [0.15, 0.2) is 0 Å². The third-order valence-corrected chi connectivity index (χ3v) is 1.83. The Bertz CT molecular complexity index is 300. The maximum Gasteiger partial charge on any atom is 0.0178 e. The van der Waals surface area contributed by atoms with Crippen LogP contribution >= 0.6 is 0 Å². The van der Waals surface area contributed by atoms with Gasteiger partial charge in [-0.05, 0) is 22.8 Å². The van der Waals surface area contributed by atoms with Crippen molar-refractivity contribution in [2.24, 2.45) is 5.73 Å². The van der Waals surface area contributed by atoms with E-state index >= 15 is 0 Å². The monoisotopic (exact) mass is 159 g/mol. The molecule has 1 aromatic carbocycles. The molecule has 0 atom stereocenters. The normalized spacial score (nSPS) is 9.42. The lowest BCUT2D eigenvalue weighted by atomic mass is 10.0. The predicted molar refractivity (Wildman–Crippen MR) is 54.5 cm³/mol. The van der Waals surface area contributed by atoms with Crippen molar-refractivity contribution < 1.29 is 0 Å². The molecule has 0 heterocycles. The van der Waals surface area contributed by atoms with Gasteiger partial charge in [0, 0.05) is 6.54 Å². The van der Waals surface area contributed by atoms with Gasteiger partial charge >= 0.3 is 0 Å². The summed E-state index contributed by atoms with van der Waals surface area (Å²) in [5, 5.41) is 0. The van der Waals surface area contributed by atoms with Crippen molar-refractivity contribution >= 4 is 12.2 Å². The zero-order valence-corrected chi connectivity index (χ0v) is 7.09. The summed E-state index contributed by atoms with van der Waals surface area (Å²) < 4.78 is 0. The SMILES string of the molecule is C=Cc1ccc(CN)cc1C=C. The van der Waals surface area contributed by atoms with Crippen LogP contribution in [0.2, 0.25) is 0 Å². The molecule has 0 fully saturated rings. The van der Waals surface area contributed by atoms with Gasteiger partial charge in [-0.3, -0.25) is 0 Å². The molecule has 1 heteroatoms. The zero-order chi connectivity index (χ0) is 8.97. The molecular formula is C11H13N. The summed E-state index contributed by atoms with van der Waals surface area (Å²) >= 11 is 0. The number of rotatable bonds is 3. The van der Waals surface area contributed by atoms with E-state index < -0.39 is 0 Å². The third kappa shape index (κ3) is 1.63. The summed E-state index contributed by atoms with van der Waals surface area (Å²) in [5.74, 6) is 0. The number of nitrogens with two attached hydrogens (primary N) is 1. The number of hydrogen-bond acceptors (Lipinski definition) is 1. The molecule has 62 valence electrons. The van der Waals surface area contributed by atoms with E-state index in [1.54, 1.807) is 0 Å². The summed E-state index contributed by atoms with van der Waals surface area (Å²) in [4.78, 5) is 0. The van der Waals surface area contributed by atoms with Crippen LogP contribution in [-0.2, 0) is 6.54 Å². The van der Waals surface area contributed by atoms with Crippen molar-refractivity contribution in [3.63, 3.8) is 0 Å². The molecule has 1 nitrogen and oxygen atoms in total. The Morgan fingerprint density at radius 2 is 1.83 bits per heavy atom. The molecule has 0 bridgehead atoms. The highest BCUT2D eigenvalue weighted by Gasteiger charge is 1.95. The molecule has 0 aliphatic heterocycles. The molecule has 0 spiro atoms. The average molecular weight is 159 g/mol. The van der Waals surface area contributed by atoms with Crippen LogP contribution in [-0.4, -0.2) is 0 Å². The number of benzene rings is 1. The molecule has 0 unspecified atom stereocenters. The van der Waals surface area contributed by atoms with Gasteiger partial charge in [0.1, 0.15) is 0 Å². The number of hydrogen-bond donors (Lipinski definition) is 1. The molecule has 1 rings (SSSR count). The molecule has 0 radical (unpaired) electrons. The lowest BCUT2D eigenvalue weighted by Crippen LogP contribution is -1.96. The van der Waals surface area contributed by atoms with E-state index in [1.165, 1.54) is 0 Å². The Morgan fingerprint density at radius 1 is 1.17 bits per heavy atom. The molecule has 12 heavy (non-hydrogen) atoms. The summed E-state index contributed by atoms with van der Waals surface area (Å²) in [6, 6.07) is 6.04. The minimum Gasteiger partial charge on any atom is -0.326 e. The van der Waals surface area contributed by atoms with Crippen molar-refractivity contribution in [1.29, 1.82) is 0 Å². The summed E-state index contributed by atoms with van der Waals surface area (Å²) in [6.07, 6.45) is 3.63. The van der Waals surface area contributed by atoms with Gasteiger partial charge < -0.3 is 5.73 Å². The first-order valence-electron chi connectivity index (χ1n) is 3.89. The van der Waals surface area contributed by atoms with Crippen molar-refractivity contribution in [3.8, 4) is 0 Å². The molecule has 0 amide bonds. The fourth-order valence-corrected chi connectivity index (χ4v) is 1.11. The van der Waals surface area contributed by atoms with Crippen molar-refractivity contribution in [3.05, 3.63) is 48.0 Å². The lowest BCUT2D eigenvalue weighted by molar-refractivity contribution is 1.07. The molecule has 0 saturated heterocycles. The average Bonchev–Trinajstić information content (AvgIpc) is 2.16. The molecular weight excluding hydrogens is 146 g/mol. The Balaban J connectivity index is 3.18. The highest BCUT2D eigenvalue weighted by molar-refractivity contribution is 5.64. The highest BCUT2D eigenvalue weighted by atomic mass is 14.5. The van der Waals surface area contributed by atoms with E-state index in [4.69, 9.17) is 5.73 Å². The first-order valence-corrected chi connectivity index (χ1v) is 3.89. The van der Waals surface area contributed by atoms with Crippen LogP contribution in [0.25, 0.3) is 12.2 Å². The standard InChI is InChI=1S/C11H13N/c1-3-10-6-5-9(8-12)7-11(10)4-2/h3-7H,1-2,8,12H2. The molecule has 0 saturated carbocycles. The quantitative estimate of drug-likeness (QED) is 0.720. The smallest absolute Gasteiger partial charge is 0.0178 e. The zero-order valence-electron chi connectivity index (χ0n) is 7.09. The summed E-state index contributed by atoms with van der Waals surface area (Å²) in [6.45, 7) is 8.01. The second kappa shape index (κ2) is 3.88. The Kier molecular flexibility index (Phi) is 2.83. The third-order valence-electron chi connectivity index (χ3n) is 1.83. The van der Waals surface area contributed by atoms with Crippen LogP contribution in [0.15, 0.2) is 31.4 Å². The molecule has 0 aromatic heterocycles. The van der Waals surface area contributed by atoms with Gasteiger partial charge in [-0.15, -0.1) is 0 Å². The van der Waals surface area contributed by atoms with Crippen molar-refractivity contribution in [2.45, 2.75) is 6.54 Å². The maximum absolute atomic E-state index is 5.50. The fraction of sp³-hybridized carbons (Fsp3) is 0.0909. The van der Waals surface area contributed by atoms with Crippen molar-refractivity contribution in [2.75, 3.05) is 0 Å². The van der Waals surface area contributed by atoms with E-state index in [2.05, 4.69) is 13.2 Å². The second-order valence-corrected chi connectivity index (χ2v) is 2.58. The van der Waals surface area contributed by atoms with Crippen molar-refractivity contribution in [1.82, 2.24) is 0 Å². The Labute approximate surface area is 73.2 Å². The van der Waals surface area contributed by atoms with E-state index in [9.17, 15) is 0 Å². The maximum atomic E-state index is 5.50. The Morgan fingerprint density at radius 3 is 2.33 bits per heavy atom. The highest BCUT2D eigenvalue weighted by Crippen LogP contribution is 2.14. The molecule has 0 aliphatic rings. The van der Waals surface area contributed by atoms with Gasteiger partial charge in [0.25, 0.3) is 0 Å². The van der Waals surface area contributed by atoms with Crippen LogP contribution in [0.5, 0.6) is 0 Å². The van der Waals surface area contributed by atoms with Crippen LogP contribution in [0.4, 0.5) is 0 Å². The summed E-state index contributed by atoms with van der Waals surface area (Å²) in [5.41, 5.74) is 8.82. The van der Waals surface area contributed by atoms with Gasteiger partial charge in [0.2, 0.25) is 0 Å². The van der Waals surface area contributed by atoms with Gasteiger partial charge in [-0.1, -0.05) is 37.4 Å². The largest absolute Gasteiger partial charge is 0.326 e. The van der Waals surface area contributed by atoms with Crippen LogP contribution in [0, 0.1) is 0 Å². The fourth-order valence-electron chi connectivity index (χ4n) is 1.11. The van der Waals surface area contributed by atoms with Crippen LogP contribution in [0.1, 0.15) is 16.7 Å². The van der Waals surface area contributed by atoms with E-state index in [0.717, 1.165) is 16.7 Å². The second-order valence-electron chi connectivity index (χ2n) is 2.58. The first-order chi connectivity index (χ1) is 5.81. The molecule has 1 aromatic rings. The molecule has 2 N–H and O–H groups in total. The van der Waals surface area contributed by atoms with E-state index in [0.29, 0.717) is 6.54 Å². The van der Waals surface area contributed by atoms with Crippen LogP contribution in [0.3, 0.4) is 0 Å². The lowest BCUT2D eigenvalue weighted by Gasteiger charge is -2.02. The van der Waals surface area contributed by atoms with E-state index in [-0.39, 0.29) is 0 Å². The Hall–Kier alpha value is -1.34. The molecule has 0 aliphatic carbocycles. The minimum absolute atomic E-state index is 0.568. The minimum atomic E-state index is 0.568. The van der Waals surface area contributed by atoms with E-state index in [1.807, 2.05) is 30.4 Å².